The van der Waals surface area contributed by atoms with E-state index in [4.69, 9.17) is 4.74 Å². The van der Waals surface area contributed by atoms with Crippen LogP contribution in [0.4, 0.5) is 10.1 Å². The Morgan fingerprint density at radius 1 is 1.11 bits per heavy atom. The molecule has 0 spiro atoms. The number of hydrogen-bond donors (Lipinski definition) is 0. The number of nitrogens with zero attached hydrogens (tertiary/aromatic N) is 3. The highest BCUT2D eigenvalue weighted by Gasteiger charge is 2.30. The summed E-state index contributed by atoms with van der Waals surface area (Å²) in [5.74, 6) is -0.536. The lowest BCUT2D eigenvalue weighted by Crippen LogP contribution is -2.51. The van der Waals surface area contributed by atoms with E-state index in [1.165, 1.54) is 12.1 Å². The lowest BCUT2D eigenvalue weighted by atomic mass is 9.98. The van der Waals surface area contributed by atoms with Crippen molar-refractivity contribution in [2.75, 3.05) is 57.3 Å². The summed E-state index contributed by atoms with van der Waals surface area (Å²) in [6.07, 6.45) is 1.63. The molecule has 3 rings (SSSR count). The van der Waals surface area contributed by atoms with Crippen LogP contribution in [0, 0.1) is 11.7 Å². The van der Waals surface area contributed by atoms with E-state index >= 15 is 0 Å². The monoisotopic (exact) mass is 377 g/mol. The van der Waals surface area contributed by atoms with Crippen LogP contribution in [0.3, 0.4) is 0 Å². The molecule has 1 unspecified atom stereocenters. The standard InChI is InChI=1S/C20H28FN3O3/c1-2-27-20(26)16-4-3-9-24(14-16)19(25)15-22-10-12-23(13-11-22)18-7-5-17(21)6-8-18/h5-8,16H,2-4,9-15H2,1H3. The molecule has 7 heteroatoms. The maximum absolute atomic E-state index is 13.1. The second kappa shape index (κ2) is 9.17. The zero-order chi connectivity index (χ0) is 19.2. The van der Waals surface area contributed by atoms with E-state index in [9.17, 15) is 14.0 Å². The normalized spacial score (nSPS) is 21.2. The number of rotatable bonds is 5. The number of amides is 1. The second-order valence-corrected chi connectivity index (χ2v) is 7.17. The topological polar surface area (TPSA) is 53.1 Å². The smallest absolute Gasteiger partial charge is 0.310 e. The van der Waals surface area contributed by atoms with Crippen molar-refractivity contribution >= 4 is 17.6 Å². The molecule has 2 saturated heterocycles. The minimum Gasteiger partial charge on any atom is -0.466 e. The van der Waals surface area contributed by atoms with E-state index < -0.39 is 0 Å². The van der Waals surface area contributed by atoms with E-state index in [2.05, 4.69) is 9.80 Å². The molecule has 1 aromatic rings. The molecule has 2 aliphatic heterocycles. The Hall–Kier alpha value is -2.15. The SMILES string of the molecule is CCOC(=O)C1CCCN(C(=O)CN2CCN(c3ccc(F)cc3)CC2)C1. The largest absolute Gasteiger partial charge is 0.466 e. The van der Waals surface area contributed by atoms with Crippen molar-refractivity contribution in [1.82, 2.24) is 9.80 Å². The molecule has 0 bridgehead atoms. The fourth-order valence-corrected chi connectivity index (χ4v) is 3.76. The van der Waals surface area contributed by atoms with Gasteiger partial charge in [0.15, 0.2) is 0 Å². The molecule has 1 atom stereocenters. The van der Waals surface area contributed by atoms with Crippen LogP contribution in [0.25, 0.3) is 0 Å². The third kappa shape index (κ3) is 5.19. The Bertz CT molecular complexity index is 644. The van der Waals surface area contributed by atoms with Gasteiger partial charge in [0.2, 0.25) is 5.91 Å². The van der Waals surface area contributed by atoms with Gasteiger partial charge in [0.1, 0.15) is 5.82 Å². The van der Waals surface area contributed by atoms with Gasteiger partial charge in [-0.3, -0.25) is 14.5 Å². The number of piperidine rings is 1. The molecular weight excluding hydrogens is 349 g/mol. The van der Waals surface area contributed by atoms with Crippen molar-refractivity contribution in [3.05, 3.63) is 30.1 Å². The Labute approximate surface area is 159 Å². The molecule has 0 radical (unpaired) electrons. The molecule has 1 amide bonds. The van der Waals surface area contributed by atoms with Crippen LogP contribution in [-0.2, 0) is 14.3 Å². The summed E-state index contributed by atoms with van der Waals surface area (Å²) in [4.78, 5) is 30.8. The predicted octanol–water partition coefficient (Wildman–Crippen LogP) is 1.75. The fourth-order valence-electron chi connectivity index (χ4n) is 3.76. The summed E-state index contributed by atoms with van der Waals surface area (Å²) < 4.78 is 18.2. The van der Waals surface area contributed by atoms with Crippen LogP contribution >= 0.6 is 0 Å². The first kappa shape index (κ1) is 19.6. The van der Waals surface area contributed by atoms with E-state index in [1.807, 2.05) is 0 Å². The molecule has 0 aromatic heterocycles. The Balaban J connectivity index is 1.46. The number of ether oxygens (including phenoxy) is 1. The van der Waals surface area contributed by atoms with Crippen LogP contribution in [0.15, 0.2) is 24.3 Å². The Morgan fingerprint density at radius 2 is 1.81 bits per heavy atom. The van der Waals surface area contributed by atoms with Gasteiger partial charge < -0.3 is 14.5 Å². The average molecular weight is 377 g/mol. The van der Waals surface area contributed by atoms with Crippen molar-refractivity contribution < 1.29 is 18.7 Å². The molecule has 2 heterocycles. The van der Waals surface area contributed by atoms with Crippen molar-refractivity contribution in [2.45, 2.75) is 19.8 Å². The number of likely N-dealkylation sites (tertiary alicyclic amines) is 1. The first-order valence-corrected chi connectivity index (χ1v) is 9.74. The average Bonchev–Trinajstić information content (AvgIpc) is 2.69. The zero-order valence-electron chi connectivity index (χ0n) is 15.9. The summed E-state index contributed by atoms with van der Waals surface area (Å²) in [6.45, 7) is 6.94. The molecule has 0 N–H and O–H groups in total. The third-order valence-electron chi connectivity index (χ3n) is 5.32. The molecule has 2 fully saturated rings. The number of piperazine rings is 1. The minimum absolute atomic E-state index is 0.0826. The molecule has 2 aliphatic rings. The van der Waals surface area contributed by atoms with Gasteiger partial charge in [-0.25, -0.2) is 4.39 Å². The predicted molar refractivity (Wildman–Crippen MR) is 101 cm³/mol. The first-order valence-electron chi connectivity index (χ1n) is 9.74. The van der Waals surface area contributed by atoms with Crippen LogP contribution in [0.2, 0.25) is 0 Å². The number of hydrogen-bond acceptors (Lipinski definition) is 5. The molecule has 0 saturated carbocycles. The molecular formula is C20H28FN3O3. The number of carbonyl (C=O) groups is 2. The van der Waals surface area contributed by atoms with Gasteiger partial charge >= 0.3 is 5.97 Å². The highest BCUT2D eigenvalue weighted by Crippen LogP contribution is 2.19. The molecule has 6 nitrogen and oxygen atoms in total. The maximum atomic E-state index is 13.1. The van der Waals surface area contributed by atoms with Crippen molar-refractivity contribution in [1.29, 1.82) is 0 Å². The molecule has 0 aliphatic carbocycles. The van der Waals surface area contributed by atoms with Gasteiger partial charge in [0, 0.05) is 45.0 Å². The van der Waals surface area contributed by atoms with Crippen molar-refractivity contribution in [3.8, 4) is 0 Å². The van der Waals surface area contributed by atoms with Crippen LogP contribution < -0.4 is 4.90 Å². The van der Waals surface area contributed by atoms with Gasteiger partial charge in [-0.15, -0.1) is 0 Å². The summed E-state index contributed by atoms with van der Waals surface area (Å²) in [7, 11) is 0. The van der Waals surface area contributed by atoms with E-state index in [1.54, 1.807) is 24.0 Å². The Morgan fingerprint density at radius 3 is 2.48 bits per heavy atom. The van der Waals surface area contributed by atoms with Gasteiger partial charge in [0.05, 0.1) is 19.1 Å². The first-order chi connectivity index (χ1) is 13.1. The number of esters is 1. The summed E-state index contributed by atoms with van der Waals surface area (Å²) in [6, 6.07) is 6.53. The Kier molecular flexibility index (Phi) is 6.66. The number of benzene rings is 1. The highest BCUT2D eigenvalue weighted by atomic mass is 19.1. The lowest BCUT2D eigenvalue weighted by Gasteiger charge is -2.37. The quantitative estimate of drug-likeness (QED) is 0.732. The summed E-state index contributed by atoms with van der Waals surface area (Å²) in [5.41, 5.74) is 1.01. The minimum atomic E-state index is -0.231. The number of anilines is 1. The maximum Gasteiger partial charge on any atom is 0.310 e. The van der Waals surface area contributed by atoms with Gasteiger partial charge in [-0.1, -0.05) is 0 Å². The summed E-state index contributed by atoms with van der Waals surface area (Å²) in [5, 5.41) is 0. The highest BCUT2D eigenvalue weighted by molar-refractivity contribution is 5.80. The zero-order valence-corrected chi connectivity index (χ0v) is 15.9. The van der Waals surface area contributed by atoms with Gasteiger partial charge in [0.25, 0.3) is 0 Å². The van der Waals surface area contributed by atoms with E-state index in [-0.39, 0.29) is 23.6 Å². The van der Waals surface area contributed by atoms with E-state index in [0.29, 0.717) is 26.2 Å². The van der Waals surface area contributed by atoms with Crippen LogP contribution in [-0.4, -0.2) is 74.1 Å². The lowest BCUT2D eigenvalue weighted by molar-refractivity contribution is -0.151. The number of halogens is 1. The summed E-state index contributed by atoms with van der Waals surface area (Å²) >= 11 is 0. The molecule has 1 aromatic carbocycles. The van der Waals surface area contributed by atoms with Crippen molar-refractivity contribution in [2.24, 2.45) is 5.92 Å². The van der Waals surface area contributed by atoms with Gasteiger partial charge in [-0.2, -0.15) is 0 Å². The fraction of sp³-hybridized carbons (Fsp3) is 0.600. The third-order valence-corrected chi connectivity index (χ3v) is 5.32. The van der Waals surface area contributed by atoms with Crippen molar-refractivity contribution in [3.63, 3.8) is 0 Å². The number of carbonyl (C=O) groups excluding carboxylic acids is 2. The second-order valence-electron chi connectivity index (χ2n) is 7.17. The molecule has 27 heavy (non-hydrogen) atoms. The van der Waals surface area contributed by atoms with Crippen LogP contribution in [0.5, 0.6) is 0 Å². The van der Waals surface area contributed by atoms with Crippen LogP contribution in [0.1, 0.15) is 19.8 Å². The van der Waals surface area contributed by atoms with Gasteiger partial charge in [-0.05, 0) is 44.0 Å². The van der Waals surface area contributed by atoms with E-state index in [0.717, 1.165) is 44.7 Å². The molecule has 148 valence electrons.